The van der Waals surface area contributed by atoms with Crippen LogP contribution in [0.1, 0.15) is 23.0 Å². The lowest BCUT2D eigenvalue weighted by Crippen LogP contribution is -2.28. The van der Waals surface area contributed by atoms with Gasteiger partial charge in [-0.1, -0.05) is 22.8 Å². The number of nitrogens with one attached hydrogen (secondary N) is 1. The number of ether oxygens (including phenoxy) is 2. The maximum Gasteiger partial charge on any atom is 0.257 e. The number of rotatable bonds is 8. The highest BCUT2D eigenvalue weighted by Gasteiger charge is 2.25. The zero-order valence-electron chi connectivity index (χ0n) is 16.0. The standard InChI is InChI=1S/C21H20ClFN2O4/c1-3-27-14-7-9-15(10-8-14)28-12-11-24-21(26)18-13(2)29-25-20(18)19-16(22)5-4-6-17(19)23/h4-10H,3,11-12H2,1-2H3,(H,24,26). The quantitative estimate of drug-likeness (QED) is 0.539. The van der Waals surface area contributed by atoms with E-state index in [0.29, 0.717) is 12.4 Å². The van der Waals surface area contributed by atoms with Crippen molar-refractivity contribution in [1.82, 2.24) is 10.5 Å². The van der Waals surface area contributed by atoms with Crippen LogP contribution in [0.4, 0.5) is 4.39 Å². The fraction of sp³-hybridized carbons (Fsp3) is 0.238. The van der Waals surface area contributed by atoms with Crippen molar-refractivity contribution in [2.24, 2.45) is 0 Å². The molecule has 1 N–H and O–H groups in total. The predicted molar refractivity (Wildman–Crippen MR) is 107 cm³/mol. The zero-order chi connectivity index (χ0) is 20.8. The van der Waals surface area contributed by atoms with E-state index in [2.05, 4.69) is 10.5 Å². The van der Waals surface area contributed by atoms with Gasteiger partial charge >= 0.3 is 0 Å². The second-order valence-electron chi connectivity index (χ2n) is 6.07. The number of nitrogens with zero attached hydrogens (tertiary/aromatic N) is 1. The Morgan fingerprint density at radius 3 is 2.52 bits per heavy atom. The summed E-state index contributed by atoms with van der Waals surface area (Å²) in [5.41, 5.74) is 0.232. The molecule has 3 rings (SSSR count). The van der Waals surface area contributed by atoms with Crippen molar-refractivity contribution in [2.75, 3.05) is 19.8 Å². The number of halogens is 2. The van der Waals surface area contributed by atoms with E-state index in [1.54, 1.807) is 19.1 Å². The Labute approximate surface area is 172 Å². The number of carbonyl (C=O) groups excluding carboxylic acids is 1. The molecule has 0 radical (unpaired) electrons. The van der Waals surface area contributed by atoms with Gasteiger partial charge in [0.1, 0.15) is 40.9 Å². The third-order valence-electron chi connectivity index (χ3n) is 4.08. The van der Waals surface area contributed by atoms with Gasteiger partial charge < -0.3 is 19.3 Å². The van der Waals surface area contributed by atoms with Crippen molar-refractivity contribution in [2.45, 2.75) is 13.8 Å². The summed E-state index contributed by atoms with van der Waals surface area (Å²) in [6.45, 7) is 4.57. The molecule has 0 aliphatic rings. The summed E-state index contributed by atoms with van der Waals surface area (Å²) in [7, 11) is 0. The average molecular weight is 419 g/mol. The molecular formula is C21H20ClFN2O4. The minimum absolute atomic E-state index is 0.0294. The van der Waals surface area contributed by atoms with E-state index in [1.807, 2.05) is 19.1 Å². The van der Waals surface area contributed by atoms with Crippen LogP contribution < -0.4 is 14.8 Å². The molecule has 0 fully saturated rings. The summed E-state index contributed by atoms with van der Waals surface area (Å²) in [6, 6.07) is 11.4. The molecule has 2 aromatic carbocycles. The number of aromatic nitrogens is 1. The van der Waals surface area contributed by atoms with Crippen molar-refractivity contribution in [3.63, 3.8) is 0 Å². The van der Waals surface area contributed by atoms with Crippen LogP contribution in [0, 0.1) is 12.7 Å². The van der Waals surface area contributed by atoms with E-state index >= 15 is 0 Å². The Kier molecular flexibility index (Phi) is 6.72. The number of aryl methyl sites for hydroxylation is 1. The summed E-state index contributed by atoms with van der Waals surface area (Å²) >= 11 is 6.09. The van der Waals surface area contributed by atoms with Gasteiger partial charge in [-0.05, 0) is 50.2 Å². The minimum Gasteiger partial charge on any atom is -0.494 e. The fourth-order valence-electron chi connectivity index (χ4n) is 2.75. The van der Waals surface area contributed by atoms with Gasteiger partial charge in [0, 0.05) is 0 Å². The smallest absolute Gasteiger partial charge is 0.257 e. The molecule has 0 aliphatic heterocycles. The molecule has 0 aliphatic carbocycles. The van der Waals surface area contributed by atoms with Crippen LogP contribution in [0.25, 0.3) is 11.3 Å². The lowest BCUT2D eigenvalue weighted by atomic mass is 10.0. The van der Waals surface area contributed by atoms with E-state index in [-0.39, 0.29) is 40.8 Å². The fourth-order valence-corrected chi connectivity index (χ4v) is 3.01. The summed E-state index contributed by atoms with van der Waals surface area (Å²) in [5, 5.41) is 6.69. The van der Waals surface area contributed by atoms with Gasteiger partial charge in [-0.3, -0.25) is 4.79 Å². The van der Waals surface area contributed by atoms with Gasteiger partial charge in [-0.15, -0.1) is 0 Å². The first-order valence-corrected chi connectivity index (χ1v) is 9.43. The molecule has 0 bridgehead atoms. The van der Waals surface area contributed by atoms with Gasteiger partial charge in [0.15, 0.2) is 0 Å². The SMILES string of the molecule is CCOc1ccc(OCCNC(=O)c2c(-c3c(F)cccc3Cl)noc2C)cc1. The molecule has 1 heterocycles. The Hall–Kier alpha value is -3.06. The average Bonchev–Trinajstić information content (AvgIpc) is 3.07. The number of hydrogen-bond acceptors (Lipinski definition) is 5. The van der Waals surface area contributed by atoms with E-state index in [0.717, 1.165) is 5.75 Å². The third-order valence-corrected chi connectivity index (χ3v) is 4.40. The van der Waals surface area contributed by atoms with Crippen LogP contribution in [0.2, 0.25) is 5.02 Å². The Morgan fingerprint density at radius 2 is 1.86 bits per heavy atom. The number of hydrogen-bond donors (Lipinski definition) is 1. The second-order valence-corrected chi connectivity index (χ2v) is 6.48. The lowest BCUT2D eigenvalue weighted by Gasteiger charge is -2.09. The van der Waals surface area contributed by atoms with Crippen LogP contribution in [0.5, 0.6) is 11.5 Å². The summed E-state index contributed by atoms with van der Waals surface area (Å²) in [6.07, 6.45) is 0. The van der Waals surface area contributed by atoms with Crippen LogP contribution >= 0.6 is 11.6 Å². The predicted octanol–water partition coefficient (Wildman–Crippen LogP) is 4.65. The highest BCUT2D eigenvalue weighted by atomic mass is 35.5. The Bertz CT molecular complexity index is 969. The molecule has 1 aromatic heterocycles. The number of benzene rings is 2. The van der Waals surface area contributed by atoms with Gasteiger partial charge in [-0.25, -0.2) is 4.39 Å². The van der Waals surface area contributed by atoms with Crippen molar-refractivity contribution >= 4 is 17.5 Å². The molecule has 8 heteroatoms. The van der Waals surface area contributed by atoms with Crippen LogP contribution in [-0.2, 0) is 0 Å². The highest BCUT2D eigenvalue weighted by molar-refractivity contribution is 6.33. The van der Waals surface area contributed by atoms with E-state index in [9.17, 15) is 9.18 Å². The van der Waals surface area contributed by atoms with Crippen LogP contribution in [0.3, 0.4) is 0 Å². The minimum atomic E-state index is -0.585. The van der Waals surface area contributed by atoms with Gasteiger partial charge in [0.25, 0.3) is 5.91 Å². The van der Waals surface area contributed by atoms with Gasteiger partial charge in [0.2, 0.25) is 0 Å². The molecule has 0 spiro atoms. The third kappa shape index (κ3) is 4.86. The summed E-state index contributed by atoms with van der Waals surface area (Å²) < 4.78 is 30.3. The Morgan fingerprint density at radius 1 is 1.17 bits per heavy atom. The number of amides is 1. The first-order valence-electron chi connectivity index (χ1n) is 9.05. The molecule has 1 amide bonds. The first kappa shape index (κ1) is 20.7. The molecule has 0 saturated heterocycles. The van der Waals surface area contributed by atoms with Crippen LogP contribution in [0.15, 0.2) is 47.0 Å². The summed E-state index contributed by atoms with van der Waals surface area (Å²) in [5.74, 6) is 0.648. The maximum absolute atomic E-state index is 14.2. The molecule has 3 aromatic rings. The topological polar surface area (TPSA) is 73.6 Å². The molecule has 0 saturated carbocycles. The van der Waals surface area contributed by atoms with Gasteiger partial charge in [-0.2, -0.15) is 0 Å². The van der Waals surface area contributed by atoms with E-state index < -0.39 is 11.7 Å². The molecule has 29 heavy (non-hydrogen) atoms. The lowest BCUT2D eigenvalue weighted by molar-refractivity contribution is 0.0946. The zero-order valence-corrected chi connectivity index (χ0v) is 16.8. The van der Waals surface area contributed by atoms with Crippen molar-refractivity contribution in [3.05, 3.63) is 64.6 Å². The van der Waals surface area contributed by atoms with Crippen molar-refractivity contribution in [1.29, 1.82) is 0 Å². The molecule has 0 atom stereocenters. The van der Waals surface area contributed by atoms with E-state index in [1.165, 1.54) is 18.2 Å². The van der Waals surface area contributed by atoms with Crippen molar-refractivity contribution < 1.29 is 23.2 Å². The first-order chi connectivity index (χ1) is 14.0. The molecule has 0 unspecified atom stereocenters. The van der Waals surface area contributed by atoms with Gasteiger partial charge in [0.05, 0.1) is 23.7 Å². The molecular weight excluding hydrogens is 399 g/mol. The van der Waals surface area contributed by atoms with E-state index in [4.69, 9.17) is 25.6 Å². The second kappa shape index (κ2) is 9.43. The number of carbonyl (C=O) groups is 1. The monoisotopic (exact) mass is 418 g/mol. The maximum atomic E-state index is 14.2. The largest absolute Gasteiger partial charge is 0.494 e. The van der Waals surface area contributed by atoms with Crippen LogP contribution in [-0.4, -0.2) is 30.8 Å². The molecule has 6 nitrogen and oxygen atoms in total. The van der Waals surface area contributed by atoms with Crippen molar-refractivity contribution in [3.8, 4) is 22.8 Å². The summed E-state index contributed by atoms with van der Waals surface area (Å²) in [4.78, 5) is 12.6. The normalized spacial score (nSPS) is 10.6. The molecule has 152 valence electrons. The Balaban J connectivity index is 1.62. The highest BCUT2D eigenvalue weighted by Crippen LogP contribution is 2.33.